The van der Waals surface area contributed by atoms with Gasteiger partial charge in [0.2, 0.25) is 11.8 Å². The number of hydrogen-bond donors (Lipinski definition) is 1. The first kappa shape index (κ1) is 17.5. The Bertz CT molecular complexity index is 880. The minimum absolute atomic E-state index is 0.164. The average Bonchev–Trinajstić information content (AvgIpc) is 3.04. The lowest BCUT2D eigenvalue weighted by atomic mass is 10.1. The molecule has 0 unspecified atom stereocenters. The molecule has 1 aromatic heterocycles. The van der Waals surface area contributed by atoms with Crippen LogP contribution in [0.15, 0.2) is 58.2 Å². The lowest BCUT2D eigenvalue weighted by Gasteiger charge is -2.09. The Balaban J connectivity index is 1.63. The zero-order valence-corrected chi connectivity index (χ0v) is 15.3. The van der Waals surface area contributed by atoms with E-state index >= 15 is 0 Å². The molecule has 0 bridgehead atoms. The number of carbonyl (C=O) groups excluding carboxylic acids is 1. The molecule has 0 radical (unpaired) electrons. The van der Waals surface area contributed by atoms with E-state index in [1.807, 2.05) is 31.2 Å². The van der Waals surface area contributed by atoms with E-state index in [0.717, 1.165) is 11.1 Å². The zero-order valence-electron chi connectivity index (χ0n) is 13.7. The third kappa shape index (κ3) is 4.61. The van der Waals surface area contributed by atoms with Gasteiger partial charge >= 0.3 is 0 Å². The molecule has 1 atom stereocenters. The number of nitrogens with one attached hydrogen (secondary N) is 1. The fourth-order valence-corrected chi connectivity index (χ4v) is 2.96. The number of rotatable bonds is 5. The average molecular weight is 374 g/mol. The van der Waals surface area contributed by atoms with Gasteiger partial charge in [0.1, 0.15) is 0 Å². The van der Waals surface area contributed by atoms with Gasteiger partial charge in [-0.15, -0.1) is 10.2 Å². The SMILES string of the molecule is Cc1ccc(-c2nnc(S[C@H](C)C(=O)Nc3cccc(Cl)c3)o2)cc1. The van der Waals surface area contributed by atoms with Crippen molar-refractivity contribution in [1.82, 2.24) is 10.2 Å². The quantitative estimate of drug-likeness (QED) is 0.649. The van der Waals surface area contributed by atoms with Gasteiger partial charge in [0.25, 0.3) is 5.22 Å². The fourth-order valence-electron chi connectivity index (χ4n) is 2.09. The van der Waals surface area contributed by atoms with Crippen molar-refractivity contribution in [2.75, 3.05) is 5.32 Å². The van der Waals surface area contributed by atoms with Crippen molar-refractivity contribution >= 4 is 35.0 Å². The Morgan fingerprint density at radius 2 is 1.96 bits per heavy atom. The Kier molecular flexibility index (Phi) is 5.40. The number of aromatic nitrogens is 2. The van der Waals surface area contributed by atoms with Gasteiger partial charge in [0.05, 0.1) is 5.25 Å². The number of hydrogen-bond acceptors (Lipinski definition) is 5. The number of anilines is 1. The van der Waals surface area contributed by atoms with Crippen LogP contribution in [0.2, 0.25) is 5.02 Å². The Morgan fingerprint density at radius 1 is 1.20 bits per heavy atom. The smallest absolute Gasteiger partial charge is 0.277 e. The van der Waals surface area contributed by atoms with Crippen LogP contribution in [-0.4, -0.2) is 21.4 Å². The molecule has 0 aliphatic carbocycles. The van der Waals surface area contributed by atoms with Gasteiger partial charge in [-0.3, -0.25) is 4.79 Å². The molecular weight excluding hydrogens is 358 g/mol. The standard InChI is InChI=1S/C18H16ClN3O2S/c1-11-6-8-13(9-7-11)17-21-22-18(24-17)25-12(2)16(23)20-15-5-3-4-14(19)10-15/h3-10,12H,1-2H3,(H,20,23)/t12-/m1/s1. The third-order valence-corrected chi connectivity index (χ3v) is 4.61. The molecule has 1 amide bonds. The third-order valence-electron chi connectivity index (χ3n) is 3.44. The Labute approximate surface area is 154 Å². The highest BCUT2D eigenvalue weighted by atomic mass is 35.5. The van der Waals surface area contributed by atoms with Crippen LogP contribution in [0, 0.1) is 6.92 Å². The molecule has 0 fully saturated rings. The highest BCUT2D eigenvalue weighted by molar-refractivity contribution is 8.00. The maximum Gasteiger partial charge on any atom is 0.277 e. The minimum Gasteiger partial charge on any atom is -0.411 e. The first-order chi connectivity index (χ1) is 12.0. The van der Waals surface area contributed by atoms with Gasteiger partial charge in [0.15, 0.2) is 0 Å². The molecule has 7 heteroatoms. The van der Waals surface area contributed by atoms with E-state index in [4.69, 9.17) is 16.0 Å². The summed E-state index contributed by atoms with van der Waals surface area (Å²) in [6.45, 7) is 3.79. The summed E-state index contributed by atoms with van der Waals surface area (Å²) in [6, 6.07) is 14.8. The number of carbonyl (C=O) groups is 1. The summed E-state index contributed by atoms with van der Waals surface area (Å²) in [5, 5.41) is 11.4. The summed E-state index contributed by atoms with van der Waals surface area (Å²) in [5.41, 5.74) is 2.65. The van der Waals surface area contributed by atoms with Gasteiger partial charge in [0, 0.05) is 16.3 Å². The molecule has 1 N–H and O–H groups in total. The molecule has 3 aromatic rings. The number of thioether (sulfide) groups is 1. The van der Waals surface area contributed by atoms with Crippen molar-refractivity contribution in [3.63, 3.8) is 0 Å². The zero-order chi connectivity index (χ0) is 17.8. The second kappa shape index (κ2) is 7.72. The molecule has 0 aliphatic heterocycles. The van der Waals surface area contributed by atoms with E-state index in [2.05, 4.69) is 15.5 Å². The van der Waals surface area contributed by atoms with Crippen molar-refractivity contribution in [3.05, 3.63) is 59.1 Å². The molecule has 0 aliphatic rings. The van der Waals surface area contributed by atoms with E-state index in [9.17, 15) is 4.79 Å². The number of nitrogens with zero attached hydrogens (tertiary/aromatic N) is 2. The van der Waals surface area contributed by atoms with E-state index in [1.54, 1.807) is 31.2 Å². The summed E-state index contributed by atoms with van der Waals surface area (Å²) in [7, 11) is 0. The van der Waals surface area contributed by atoms with Crippen LogP contribution in [-0.2, 0) is 4.79 Å². The van der Waals surface area contributed by atoms with Crippen LogP contribution in [0.4, 0.5) is 5.69 Å². The summed E-state index contributed by atoms with van der Waals surface area (Å²) < 4.78 is 5.64. The summed E-state index contributed by atoms with van der Waals surface area (Å²) in [6.07, 6.45) is 0. The van der Waals surface area contributed by atoms with Gasteiger partial charge in [-0.1, -0.05) is 47.1 Å². The topological polar surface area (TPSA) is 68.0 Å². The van der Waals surface area contributed by atoms with Gasteiger partial charge in [-0.25, -0.2) is 0 Å². The molecule has 3 rings (SSSR count). The lowest BCUT2D eigenvalue weighted by Crippen LogP contribution is -2.22. The van der Waals surface area contributed by atoms with Gasteiger partial charge < -0.3 is 9.73 Å². The van der Waals surface area contributed by atoms with Gasteiger partial charge in [-0.05, 0) is 44.2 Å². The number of halogens is 1. The highest BCUT2D eigenvalue weighted by Gasteiger charge is 2.19. The predicted molar refractivity (Wildman–Crippen MR) is 99.9 cm³/mol. The molecule has 0 saturated heterocycles. The molecule has 1 heterocycles. The first-order valence-electron chi connectivity index (χ1n) is 7.65. The predicted octanol–water partition coefficient (Wildman–Crippen LogP) is 4.82. The van der Waals surface area contributed by atoms with Crippen LogP contribution in [0.5, 0.6) is 0 Å². The van der Waals surface area contributed by atoms with Crippen molar-refractivity contribution < 1.29 is 9.21 Å². The molecule has 128 valence electrons. The van der Waals surface area contributed by atoms with Crippen LogP contribution in [0.3, 0.4) is 0 Å². The van der Waals surface area contributed by atoms with Crippen LogP contribution in [0.25, 0.3) is 11.5 Å². The molecule has 0 spiro atoms. The Morgan fingerprint density at radius 3 is 2.68 bits per heavy atom. The van der Waals surface area contributed by atoms with E-state index in [0.29, 0.717) is 21.8 Å². The molecule has 25 heavy (non-hydrogen) atoms. The molecular formula is C18H16ClN3O2S. The fraction of sp³-hybridized carbons (Fsp3) is 0.167. The van der Waals surface area contributed by atoms with Crippen molar-refractivity contribution in [2.24, 2.45) is 0 Å². The van der Waals surface area contributed by atoms with Crippen molar-refractivity contribution in [1.29, 1.82) is 0 Å². The van der Waals surface area contributed by atoms with Crippen molar-refractivity contribution in [3.8, 4) is 11.5 Å². The Hall–Kier alpha value is -2.31. The number of amides is 1. The number of aryl methyl sites for hydroxylation is 1. The lowest BCUT2D eigenvalue weighted by molar-refractivity contribution is -0.115. The second-order valence-corrected chi connectivity index (χ2v) is 7.23. The molecule has 0 saturated carbocycles. The molecule has 2 aromatic carbocycles. The van der Waals surface area contributed by atoms with Crippen LogP contribution < -0.4 is 5.32 Å². The second-order valence-electron chi connectivity index (χ2n) is 5.50. The molecule has 5 nitrogen and oxygen atoms in total. The van der Waals surface area contributed by atoms with Gasteiger partial charge in [-0.2, -0.15) is 0 Å². The maximum atomic E-state index is 12.3. The van der Waals surface area contributed by atoms with Crippen LogP contribution >= 0.6 is 23.4 Å². The van der Waals surface area contributed by atoms with Crippen molar-refractivity contribution in [2.45, 2.75) is 24.3 Å². The maximum absolute atomic E-state index is 12.3. The first-order valence-corrected chi connectivity index (χ1v) is 8.90. The highest BCUT2D eigenvalue weighted by Crippen LogP contribution is 2.27. The van der Waals surface area contributed by atoms with Crippen LogP contribution in [0.1, 0.15) is 12.5 Å². The summed E-state index contributed by atoms with van der Waals surface area (Å²) in [4.78, 5) is 12.3. The monoisotopic (exact) mass is 373 g/mol. The van der Waals surface area contributed by atoms with E-state index in [1.165, 1.54) is 11.8 Å². The van der Waals surface area contributed by atoms with E-state index < -0.39 is 5.25 Å². The number of benzene rings is 2. The largest absolute Gasteiger partial charge is 0.411 e. The summed E-state index contributed by atoms with van der Waals surface area (Å²) >= 11 is 7.13. The summed E-state index contributed by atoms with van der Waals surface area (Å²) in [5.74, 6) is 0.271. The minimum atomic E-state index is -0.398. The van der Waals surface area contributed by atoms with E-state index in [-0.39, 0.29) is 5.91 Å². The normalized spacial score (nSPS) is 12.0.